The van der Waals surface area contributed by atoms with E-state index in [9.17, 15) is 0 Å². The van der Waals surface area contributed by atoms with Crippen LogP contribution in [0.5, 0.6) is 0 Å². The Morgan fingerprint density at radius 3 is 3.15 bits per heavy atom. The zero-order chi connectivity index (χ0) is 14.1. The van der Waals surface area contributed by atoms with E-state index in [4.69, 9.17) is 21.4 Å². The number of aryl methyl sites for hydroxylation is 1. The molecule has 8 heteroatoms. The summed E-state index contributed by atoms with van der Waals surface area (Å²) in [4.78, 5) is 11.0. The Bertz CT molecular complexity index is 617. The number of halogens is 1. The Morgan fingerprint density at radius 2 is 2.35 bits per heavy atom. The predicted octanol–water partition coefficient (Wildman–Crippen LogP) is 0.210. The molecule has 1 aliphatic rings. The third-order valence-corrected chi connectivity index (χ3v) is 3.67. The zero-order valence-corrected chi connectivity index (χ0v) is 11.9. The number of aromatic nitrogens is 4. The number of aliphatic hydroxyl groups excluding tert-OH is 1. The first-order valence-electron chi connectivity index (χ1n) is 6.46. The van der Waals surface area contributed by atoms with Crippen LogP contribution in [-0.2, 0) is 18.3 Å². The number of morpholine rings is 1. The molecule has 0 saturated carbocycles. The van der Waals surface area contributed by atoms with E-state index < -0.39 is 0 Å². The minimum absolute atomic E-state index is 0.0267. The molecule has 108 valence electrons. The van der Waals surface area contributed by atoms with Gasteiger partial charge < -0.3 is 9.84 Å². The second-order valence-electron chi connectivity index (χ2n) is 4.85. The Kier molecular flexibility index (Phi) is 3.84. The molecule has 1 aliphatic heterocycles. The molecule has 1 N–H and O–H groups in total. The molecule has 0 radical (unpaired) electrons. The van der Waals surface area contributed by atoms with Crippen molar-refractivity contribution in [3.8, 4) is 0 Å². The average molecular weight is 298 g/mol. The Morgan fingerprint density at radius 1 is 1.50 bits per heavy atom. The Labute approximate surface area is 121 Å². The molecule has 1 atom stereocenters. The van der Waals surface area contributed by atoms with E-state index in [1.165, 1.54) is 0 Å². The maximum atomic E-state index is 9.15. The van der Waals surface area contributed by atoms with Crippen molar-refractivity contribution < 1.29 is 9.84 Å². The van der Waals surface area contributed by atoms with Crippen LogP contribution in [0, 0.1) is 0 Å². The van der Waals surface area contributed by atoms with Gasteiger partial charge in [0.2, 0.25) is 0 Å². The number of hydrogen-bond donors (Lipinski definition) is 1. The van der Waals surface area contributed by atoms with Crippen LogP contribution >= 0.6 is 11.6 Å². The van der Waals surface area contributed by atoms with Crippen LogP contribution in [0.3, 0.4) is 0 Å². The maximum absolute atomic E-state index is 9.15. The van der Waals surface area contributed by atoms with Gasteiger partial charge in [0.1, 0.15) is 11.0 Å². The molecule has 1 saturated heterocycles. The van der Waals surface area contributed by atoms with Crippen molar-refractivity contribution in [1.82, 2.24) is 24.6 Å². The lowest BCUT2D eigenvalue weighted by Gasteiger charge is -2.31. The van der Waals surface area contributed by atoms with Gasteiger partial charge in [0, 0.05) is 20.1 Å². The zero-order valence-electron chi connectivity index (χ0n) is 11.2. The molecule has 3 heterocycles. The molecular weight excluding hydrogens is 282 g/mol. The fraction of sp³-hybridized carbons (Fsp3) is 0.583. The second kappa shape index (κ2) is 5.61. The van der Waals surface area contributed by atoms with Gasteiger partial charge in [-0.2, -0.15) is 5.10 Å². The van der Waals surface area contributed by atoms with E-state index in [1.54, 1.807) is 10.9 Å². The number of fused-ring (bicyclic) bond motifs is 1. The highest BCUT2D eigenvalue weighted by Gasteiger charge is 2.21. The first kappa shape index (κ1) is 13.7. The predicted molar refractivity (Wildman–Crippen MR) is 73.4 cm³/mol. The normalized spacial score (nSPS) is 20.6. The minimum atomic E-state index is -0.139. The lowest BCUT2D eigenvalue weighted by molar-refractivity contribution is -0.0556. The van der Waals surface area contributed by atoms with E-state index in [1.807, 2.05) is 7.05 Å². The summed E-state index contributed by atoms with van der Waals surface area (Å²) in [6, 6.07) is 0. The van der Waals surface area contributed by atoms with Gasteiger partial charge in [-0.1, -0.05) is 11.6 Å². The molecule has 0 spiro atoms. The molecule has 0 aromatic carbocycles. The van der Waals surface area contributed by atoms with Gasteiger partial charge in [-0.25, -0.2) is 9.97 Å². The van der Waals surface area contributed by atoms with Crippen LogP contribution in [0.15, 0.2) is 6.20 Å². The monoisotopic (exact) mass is 297 g/mol. The van der Waals surface area contributed by atoms with E-state index in [0.717, 1.165) is 17.6 Å². The third-order valence-electron chi connectivity index (χ3n) is 3.38. The fourth-order valence-electron chi connectivity index (χ4n) is 2.34. The van der Waals surface area contributed by atoms with Crippen LogP contribution in [-0.4, -0.2) is 62.2 Å². The van der Waals surface area contributed by atoms with Gasteiger partial charge in [0.15, 0.2) is 5.65 Å². The van der Waals surface area contributed by atoms with Gasteiger partial charge in [-0.3, -0.25) is 9.58 Å². The van der Waals surface area contributed by atoms with E-state index in [2.05, 4.69) is 20.0 Å². The summed E-state index contributed by atoms with van der Waals surface area (Å²) in [7, 11) is 1.83. The molecule has 0 bridgehead atoms. The van der Waals surface area contributed by atoms with Gasteiger partial charge in [0.05, 0.1) is 37.4 Å². The summed E-state index contributed by atoms with van der Waals surface area (Å²) in [6.07, 6.45) is 1.53. The molecular formula is C12H16ClN5O2. The lowest BCUT2D eigenvalue weighted by atomic mass is 10.3. The van der Waals surface area contributed by atoms with Crippen molar-refractivity contribution in [2.75, 3.05) is 26.3 Å². The number of hydrogen-bond acceptors (Lipinski definition) is 6. The smallest absolute Gasteiger partial charge is 0.162 e. The molecule has 1 fully saturated rings. The maximum Gasteiger partial charge on any atom is 0.162 e. The highest BCUT2D eigenvalue weighted by atomic mass is 35.5. The molecule has 3 rings (SSSR count). The molecule has 2 aromatic heterocycles. The lowest BCUT2D eigenvalue weighted by Crippen LogP contribution is -2.43. The van der Waals surface area contributed by atoms with Crippen molar-refractivity contribution in [3.05, 3.63) is 17.2 Å². The standard InChI is InChI=1S/C12H16ClN5O2/c1-17-12-9(4-14-17)11(13)15-10(16-12)6-18-2-3-20-8(5-18)7-19/h4,8,19H,2-3,5-7H2,1H3. The number of aliphatic hydroxyl groups is 1. The number of ether oxygens (including phenoxy) is 1. The van der Waals surface area contributed by atoms with Crippen LogP contribution in [0.25, 0.3) is 11.0 Å². The quantitative estimate of drug-likeness (QED) is 0.816. The number of nitrogens with zero attached hydrogens (tertiary/aromatic N) is 5. The fourth-order valence-corrected chi connectivity index (χ4v) is 2.57. The van der Waals surface area contributed by atoms with Crippen molar-refractivity contribution in [3.63, 3.8) is 0 Å². The Hall–Kier alpha value is -1.28. The molecule has 0 aliphatic carbocycles. The van der Waals surface area contributed by atoms with E-state index in [0.29, 0.717) is 30.7 Å². The summed E-state index contributed by atoms with van der Waals surface area (Å²) in [5, 5.41) is 14.5. The number of rotatable bonds is 3. The van der Waals surface area contributed by atoms with Crippen molar-refractivity contribution in [2.24, 2.45) is 7.05 Å². The molecule has 1 unspecified atom stereocenters. The van der Waals surface area contributed by atoms with Gasteiger partial charge in [0.25, 0.3) is 0 Å². The summed E-state index contributed by atoms with van der Waals surface area (Å²) in [5.41, 5.74) is 0.729. The van der Waals surface area contributed by atoms with Crippen molar-refractivity contribution in [1.29, 1.82) is 0 Å². The Balaban J connectivity index is 1.82. The molecule has 0 amide bonds. The van der Waals surface area contributed by atoms with Crippen molar-refractivity contribution >= 4 is 22.6 Å². The summed E-state index contributed by atoms with van der Waals surface area (Å²) >= 11 is 6.16. The molecule has 2 aromatic rings. The third kappa shape index (κ3) is 2.62. The van der Waals surface area contributed by atoms with Gasteiger partial charge in [-0.05, 0) is 0 Å². The summed E-state index contributed by atoms with van der Waals surface area (Å²) < 4.78 is 7.11. The van der Waals surface area contributed by atoms with E-state index in [-0.39, 0.29) is 12.7 Å². The second-order valence-corrected chi connectivity index (χ2v) is 5.20. The van der Waals surface area contributed by atoms with Crippen LogP contribution < -0.4 is 0 Å². The highest BCUT2D eigenvalue weighted by Crippen LogP contribution is 2.20. The first-order chi connectivity index (χ1) is 9.67. The largest absolute Gasteiger partial charge is 0.394 e. The SMILES string of the molecule is Cn1ncc2c(Cl)nc(CN3CCOC(CO)C3)nc21. The van der Waals surface area contributed by atoms with Crippen LogP contribution in [0.2, 0.25) is 5.15 Å². The topological polar surface area (TPSA) is 76.3 Å². The van der Waals surface area contributed by atoms with E-state index >= 15 is 0 Å². The summed E-state index contributed by atoms with van der Waals surface area (Å²) in [6.45, 7) is 2.67. The van der Waals surface area contributed by atoms with Crippen LogP contribution in [0.4, 0.5) is 0 Å². The highest BCUT2D eigenvalue weighted by molar-refractivity contribution is 6.33. The van der Waals surface area contributed by atoms with Crippen molar-refractivity contribution in [2.45, 2.75) is 12.6 Å². The summed E-state index contributed by atoms with van der Waals surface area (Å²) in [5.74, 6) is 0.657. The van der Waals surface area contributed by atoms with Gasteiger partial charge in [-0.15, -0.1) is 0 Å². The van der Waals surface area contributed by atoms with Crippen LogP contribution in [0.1, 0.15) is 5.82 Å². The first-order valence-corrected chi connectivity index (χ1v) is 6.84. The molecule has 20 heavy (non-hydrogen) atoms. The van der Waals surface area contributed by atoms with Gasteiger partial charge >= 0.3 is 0 Å². The molecule has 7 nitrogen and oxygen atoms in total. The minimum Gasteiger partial charge on any atom is -0.394 e. The average Bonchev–Trinajstić information content (AvgIpc) is 2.81.